The summed E-state index contributed by atoms with van der Waals surface area (Å²) in [6.45, 7) is 5.83. The lowest BCUT2D eigenvalue weighted by Gasteiger charge is -2.09. The van der Waals surface area contributed by atoms with Gasteiger partial charge < -0.3 is 0 Å². The van der Waals surface area contributed by atoms with Crippen molar-refractivity contribution in [1.82, 2.24) is 0 Å². The summed E-state index contributed by atoms with van der Waals surface area (Å²) in [6.07, 6.45) is 0. The third-order valence-corrected chi connectivity index (χ3v) is 3.20. The van der Waals surface area contributed by atoms with E-state index in [-0.39, 0.29) is 11.3 Å². The van der Waals surface area contributed by atoms with Crippen LogP contribution in [0.5, 0.6) is 0 Å². The van der Waals surface area contributed by atoms with Gasteiger partial charge in [0, 0.05) is 5.56 Å². The molecule has 18 heavy (non-hydrogen) atoms. The molecule has 2 aromatic rings. The summed E-state index contributed by atoms with van der Waals surface area (Å²) in [4.78, 5) is 12.3. The molecule has 0 aromatic heterocycles. The van der Waals surface area contributed by atoms with Crippen molar-refractivity contribution in [2.24, 2.45) is 0 Å². The van der Waals surface area contributed by atoms with Gasteiger partial charge in [0.25, 0.3) is 0 Å². The molecular weight excluding hydrogens is 227 g/mol. The van der Waals surface area contributed by atoms with Gasteiger partial charge in [-0.3, -0.25) is 4.79 Å². The number of benzene rings is 2. The molecule has 0 N–H and O–H groups in total. The molecule has 0 saturated carbocycles. The highest BCUT2D eigenvalue weighted by Crippen LogP contribution is 2.20. The molecule has 92 valence electrons. The van der Waals surface area contributed by atoms with Gasteiger partial charge >= 0.3 is 0 Å². The molecule has 1 nitrogen and oxygen atoms in total. The molecular formula is C16H15FO. The molecule has 2 rings (SSSR count). The molecule has 0 fully saturated rings. The van der Waals surface area contributed by atoms with Crippen LogP contribution >= 0.6 is 0 Å². The van der Waals surface area contributed by atoms with Gasteiger partial charge in [-0.15, -0.1) is 0 Å². The van der Waals surface area contributed by atoms with E-state index in [0.29, 0.717) is 5.56 Å². The standard InChI is InChI=1S/C16H15FO/c1-10-8-12(3)14(9-11(10)2)16(18)13-6-4-5-7-15(13)17/h4-9H,1-3H3. The van der Waals surface area contributed by atoms with E-state index in [1.807, 2.05) is 32.9 Å². The summed E-state index contributed by atoms with van der Waals surface area (Å²) in [7, 11) is 0. The monoisotopic (exact) mass is 242 g/mol. The first kappa shape index (κ1) is 12.5. The SMILES string of the molecule is Cc1cc(C)c(C(=O)c2ccccc2F)cc1C. The molecule has 0 saturated heterocycles. The topological polar surface area (TPSA) is 17.1 Å². The van der Waals surface area contributed by atoms with Gasteiger partial charge in [-0.2, -0.15) is 0 Å². The van der Waals surface area contributed by atoms with Gasteiger partial charge in [0.2, 0.25) is 0 Å². The Morgan fingerprint density at radius 3 is 2.17 bits per heavy atom. The number of halogens is 1. The fraction of sp³-hybridized carbons (Fsp3) is 0.188. The van der Waals surface area contributed by atoms with Gasteiger partial charge in [-0.05, 0) is 55.7 Å². The van der Waals surface area contributed by atoms with Crippen molar-refractivity contribution in [2.45, 2.75) is 20.8 Å². The number of rotatable bonds is 2. The fourth-order valence-corrected chi connectivity index (χ4v) is 2.00. The van der Waals surface area contributed by atoms with Crippen LogP contribution in [0.15, 0.2) is 36.4 Å². The lowest BCUT2D eigenvalue weighted by Crippen LogP contribution is -2.07. The third kappa shape index (κ3) is 2.19. The molecule has 0 aliphatic heterocycles. The van der Waals surface area contributed by atoms with Crippen molar-refractivity contribution in [3.8, 4) is 0 Å². The van der Waals surface area contributed by atoms with Crippen molar-refractivity contribution in [2.75, 3.05) is 0 Å². The van der Waals surface area contributed by atoms with Crippen LogP contribution in [0.4, 0.5) is 4.39 Å². The normalized spacial score (nSPS) is 10.4. The lowest BCUT2D eigenvalue weighted by molar-refractivity contribution is 0.103. The molecule has 0 atom stereocenters. The smallest absolute Gasteiger partial charge is 0.196 e. The molecule has 0 spiro atoms. The second-order valence-electron chi connectivity index (χ2n) is 4.56. The summed E-state index contributed by atoms with van der Waals surface area (Å²) in [5.74, 6) is -0.728. The molecule has 2 heteroatoms. The Hall–Kier alpha value is -1.96. The van der Waals surface area contributed by atoms with Crippen LogP contribution in [0.1, 0.15) is 32.6 Å². The van der Waals surface area contributed by atoms with Crippen LogP contribution in [0.2, 0.25) is 0 Å². The van der Waals surface area contributed by atoms with E-state index < -0.39 is 5.82 Å². The highest BCUT2D eigenvalue weighted by atomic mass is 19.1. The number of ketones is 1. The molecule has 2 aromatic carbocycles. The Balaban J connectivity index is 2.53. The Morgan fingerprint density at radius 1 is 0.889 bits per heavy atom. The number of hydrogen-bond donors (Lipinski definition) is 0. The number of carbonyl (C=O) groups excluding carboxylic acids is 1. The molecule has 0 unspecified atom stereocenters. The van der Waals surface area contributed by atoms with Crippen LogP contribution < -0.4 is 0 Å². The molecule has 0 aliphatic rings. The molecule has 0 bridgehead atoms. The zero-order valence-corrected chi connectivity index (χ0v) is 10.8. The van der Waals surface area contributed by atoms with Crippen LogP contribution in [-0.2, 0) is 0 Å². The van der Waals surface area contributed by atoms with Crippen molar-refractivity contribution >= 4 is 5.78 Å². The van der Waals surface area contributed by atoms with Gasteiger partial charge in [-0.1, -0.05) is 18.2 Å². The summed E-state index contributed by atoms with van der Waals surface area (Å²) < 4.78 is 13.6. The van der Waals surface area contributed by atoms with E-state index in [4.69, 9.17) is 0 Å². The lowest BCUT2D eigenvalue weighted by atomic mass is 9.94. The van der Waals surface area contributed by atoms with Crippen LogP contribution in [0, 0.1) is 26.6 Å². The Bertz CT molecular complexity index is 614. The first-order valence-electron chi connectivity index (χ1n) is 5.88. The van der Waals surface area contributed by atoms with E-state index in [1.54, 1.807) is 12.1 Å². The van der Waals surface area contributed by atoms with E-state index in [1.165, 1.54) is 12.1 Å². The van der Waals surface area contributed by atoms with Crippen molar-refractivity contribution in [3.63, 3.8) is 0 Å². The summed E-state index contributed by atoms with van der Waals surface area (Å²) in [5.41, 5.74) is 3.76. The van der Waals surface area contributed by atoms with Gasteiger partial charge in [0.15, 0.2) is 5.78 Å². The quantitative estimate of drug-likeness (QED) is 0.728. The Kier molecular flexibility index (Phi) is 3.28. The van der Waals surface area contributed by atoms with E-state index in [0.717, 1.165) is 16.7 Å². The Morgan fingerprint density at radius 2 is 1.50 bits per heavy atom. The first-order valence-corrected chi connectivity index (χ1v) is 5.88. The predicted molar refractivity (Wildman–Crippen MR) is 70.5 cm³/mol. The molecule has 0 amide bonds. The van der Waals surface area contributed by atoms with Crippen LogP contribution in [0.25, 0.3) is 0 Å². The predicted octanol–water partition coefficient (Wildman–Crippen LogP) is 3.98. The maximum Gasteiger partial charge on any atom is 0.196 e. The highest BCUT2D eigenvalue weighted by molar-refractivity contribution is 6.10. The van der Waals surface area contributed by atoms with Crippen LogP contribution in [-0.4, -0.2) is 5.78 Å². The maximum atomic E-state index is 13.6. The molecule has 0 heterocycles. The molecule has 0 aliphatic carbocycles. The van der Waals surface area contributed by atoms with Crippen molar-refractivity contribution < 1.29 is 9.18 Å². The zero-order chi connectivity index (χ0) is 13.3. The van der Waals surface area contributed by atoms with Crippen molar-refractivity contribution in [1.29, 1.82) is 0 Å². The van der Waals surface area contributed by atoms with Gasteiger partial charge in [-0.25, -0.2) is 4.39 Å². The fourth-order valence-electron chi connectivity index (χ4n) is 2.00. The minimum Gasteiger partial charge on any atom is -0.288 e. The third-order valence-electron chi connectivity index (χ3n) is 3.20. The summed E-state index contributed by atoms with van der Waals surface area (Å²) in [6, 6.07) is 9.88. The first-order chi connectivity index (χ1) is 8.50. The number of carbonyl (C=O) groups is 1. The van der Waals surface area contributed by atoms with Gasteiger partial charge in [0.05, 0.1) is 5.56 Å². The number of aryl methyl sites for hydroxylation is 3. The second kappa shape index (κ2) is 4.73. The number of hydrogen-bond acceptors (Lipinski definition) is 1. The maximum absolute atomic E-state index is 13.6. The molecule has 0 radical (unpaired) electrons. The van der Waals surface area contributed by atoms with Crippen LogP contribution in [0.3, 0.4) is 0 Å². The van der Waals surface area contributed by atoms with E-state index in [9.17, 15) is 9.18 Å². The Labute approximate surface area is 106 Å². The minimum absolute atomic E-state index is 0.129. The van der Waals surface area contributed by atoms with E-state index in [2.05, 4.69) is 0 Å². The summed E-state index contributed by atoms with van der Waals surface area (Å²) >= 11 is 0. The average molecular weight is 242 g/mol. The zero-order valence-electron chi connectivity index (χ0n) is 10.8. The van der Waals surface area contributed by atoms with Crippen molar-refractivity contribution in [3.05, 3.63) is 70.0 Å². The summed E-state index contributed by atoms with van der Waals surface area (Å²) in [5, 5.41) is 0. The highest BCUT2D eigenvalue weighted by Gasteiger charge is 2.16. The second-order valence-corrected chi connectivity index (χ2v) is 4.56. The van der Waals surface area contributed by atoms with Gasteiger partial charge in [0.1, 0.15) is 5.82 Å². The average Bonchev–Trinajstić information content (AvgIpc) is 2.33. The largest absolute Gasteiger partial charge is 0.288 e. The van der Waals surface area contributed by atoms with E-state index >= 15 is 0 Å². The minimum atomic E-state index is -0.472.